The maximum absolute atomic E-state index is 11.6. The van der Waals surface area contributed by atoms with Crippen LogP contribution in [0.5, 0.6) is 0 Å². The van der Waals surface area contributed by atoms with Gasteiger partial charge in [0.05, 0.1) is 60.0 Å². The number of nitrogens with two attached hydrogens (primary N) is 1. The lowest BCUT2D eigenvalue weighted by molar-refractivity contribution is -0.153. The minimum Gasteiger partial charge on any atom is -0.468 e. The average Bonchev–Trinajstić information content (AvgIpc) is 2.40. The molecule has 1 aliphatic heterocycles. The Morgan fingerprint density at radius 1 is 0.944 bits per heavy atom. The zero-order valence-electron chi connectivity index (χ0n) is 10.7. The van der Waals surface area contributed by atoms with E-state index in [0.29, 0.717) is 39.6 Å². The Balaban J connectivity index is 2.49. The van der Waals surface area contributed by atoms with E-state index in [-0.39, 0.29) is 13.2 Å². The molecule has 0 aromatic carbocycles. The van der Waals surface area contributed by atoms with Crippen LogP contribution in [0.25, 0.3) is 0 Å². The van der Waals surface area contributed by atoms with Crippen LogP contribution in [0.1, 0.15) is 0 Å². The first-order valence-electron chi connectivity index (χ1n) is 5.87. The Morgan fingerprint density at radius 2 is 1.33 bits per heavy atom. The molecule has 0 aliphatic carbocycles. The molecule has 0 unspecified atom stereocenters. The molecule has 1 aliphatic rings. The third kappa shape index (κ3) is 5.28. The van der Waals surface area contributed by atoms with Gasteiger partial charge in [-0.05, 0) is 0 Å². The van der Waals surface area contributed by atoms with Crippen LogP contribution in [0, 0.1) is 0 Å². The molecule has 1 rings (SSSR count). The van der Waals surface area contributed by atoms with Gasteiger partial charge in [-0.15, -0.1) is 0 Å². The third-order valence-electron chi connectivity index (χ3n) is 2.43. The van der Waals surface area contributed by atoms with Crippen LogP contribution in [0.2, 0.25) is 0 Å². The summed E-state index contributed by atoms with van der Waals surface area (Å²) >= 11 is 0. The molecule has 7 heteroatoms. The lowest BCUT2D eigenvalue weighted by Crippen LogP contribution is -2.56. The summed E-state index contributed by atoms with van der Waals surface area (Å²) < 4.78 is 25.8. The van der Waals surface area contributed by atoms with Crippen LogP contribution in [-0.4, -0.2) is 71.5 Å². The van der Waals surface area contributed by atoms with Crippen molar-refractivity contribution in [2.45, 2.75) is 5.54 Å². The van der Waals surface area contributed by atoms with Crippen molar-refractivity contribution in [1.29, 1.82) is 0 Å². The molecule has 0 atom stereocenters. The number of ether oxygens (including phenoxy) is 5. The van der Waals surface area contributed by atoms with E-state index in [1.807, 2.05) is 0 Å². The number of esters is 1. The highest BCUT2D eigenvalue weighted by atomic mass is 16.6. The van der Waals surface area contributed by atoms with Gasteiger partial charge in [0.2, 0.25) is 0 Å². The molecule has 7 nitrogen and oxygen atoms in total. The van der Waals surface area contributed by atoms with Gasteiger partial charge in [-0.25, -0.2) is 4.79 Å². The Bertz CT molecular complexity index is 234. The predicted octanol–water partition coefficient (Wildman–Crippen LogP) is -1.06. The van der Waals surface area contributed by atoms with Gasteiger partial charge >= 0.3 is 5.97 Å². The number of hydrogen-bond donors (Lipinski definition) is 1. The molecular formula is C11H21NO6. The molecule has 1 saturated heterocycles. The van der Waals surface area contributed by atoms with Crippen LogP contribution in [-0.2, 0) is 28.5 Å². The van der Waals surface area contributed by atoms with E-state index in [1.165, 1.54) is 7.11 Å². The van der Waals surface area contributed by atoms with Gasteiger partial charge in [-0.1, -0.05) is 0 Å². The topological polar surface area (TPSA) is 89.2 Å². The minimum absolute atomic E-state index is 0.0316. The normalized spacial score (nSPS) is 23.2. The monoisotopic (exact) mass is 263 g/mol. The fourth-order valence-corrected chi connectivity index (χ4v) is 1.43. The number of rotatable bonds is 1. The highest BCUT2D eigenvalue weighted by molar-refractivity contribution is 5.80. The first-order valence-corrected chi connectivity index (χ1v) is 5.87. The molecule has 1 fully saturated rings. The zero-order valence-corrected chi connectivity index (χ0v) is 10.7. The third-order valence-corrected chi connectivity index (χ3v) is 2.43. The maximum Gasteiger partial charge on any atom is 0.330 e. The highest BCUT2D eigenvalue weighted by Gasteiger charge is 2.36. The standard InChI is InChI=1S/C11H21NO6/c1-14-10(13)11(12)8-17-6-4-15-2-3-16-5-7-18-9-11/h2-9,12H2,1H3. The molecule has 0 bridgehead atoms. The first-order chi connectivity index (χ1) is 8.69. The largest absolute Gasteiger partial charge is 0.468 e. The van der Waals surface area contributed by atoms with E-state index in [1.54, 1.807) is 0 Å². The van der Waals surface area contributed by atoms with E-state index < -0.39 is 11.5 Å². The summed E-state index contributed by atoms with van der Waals surface area (Å²) in [5, 5.41) is 0. The quantitative estimate of drug-likeness (QED) is 0.603. The van der Waals surface area contributed by atoms with Gasteiger partial charge in [0.1, 0.15) is 0 Å². The van der Waals surface area contributed by atoms with Crippen LogP contribution < -0.4 is 5.73 Å². The number of carbonyl (C=O) groups is 1. The Labute approximate surface area is 106 Å². The van der Waals surface area contributed by atoms with Gasteiger partial charge in [-0.2, -0.15) is 0 Å². The highest BCUT2D eigenvalue weighted by Crippen LogP contribution is 2.06. The molecule has 18 heavy (non-hydrogen) atoms. The summed E-state index contributed by atoms with van der Waals surface area (Å²) in [4.78, 5) is 11.6. The lowest BCUT2D eigenvalue weighted by Gasteiger charge is -2.25. The first kappa shape index (κ1) is 15.3. The van der Waals surface area contributed by atoms with Crippen LogP contribution in [0.15, 0.2) is 0 Å². The average molecular weight is 263 g/mol. The number of carbonyl (C=O) groups excluding carboxylic acids is 1. The van der Waals surface area contributed by atoms with Gasteiger partial charge in [0.25, 0.3) is 0 Å². The van der Waals surface area contributed by atoms with Crippen LogP contribution >= 0.6 is 0 Å². The molecule has 0 saturated carbocycles. The number of methoxy groups -OCH3 is 1. The van der Waals surface area contributed by atoms with Crippen molar-refractivity contribution in [3.05, 3.63) is 0 Å². The Kier molecular flexibility index (Phi) is 7.14. The van der Waals surface area contributed by atoms with Crippen molar-refractivity contribution in [3.8, 4) is 0 Å². The molecule has 0 aromatic rings. The van der Waals surface area contributed by atoms with E-state index in [9.17, 15) is 4.79 Å². The Hall–Kier alpha value is -0.730. The van der Waals surface area contributed by atoms with Crippen molar-refractivity contribution in [1.82, 2.24) is 0 Å². The second kappa shape index (κ2) is 8.39. The molecule has 106 valence electrons. The molecule has 0 spiro atoms. The maximum atomic E-state index is 11.6. The summed E-state index contributed by atoms with van der Waals surface area (Å²) in [7, 11) is 1.28. The van der Waals surface area contributed by atoms with Gasteiger partial charge in [0.15, 0.2) is 5.54 Å². The Morgan fingerprint density at radius 3 is 1.72 bits per heavy atom. The second-order valence-electron chi connectivity index (χ2n) is 3.98. The fourth-order valence-electron chi connectivity index (χ4n) is 1.43. The van der Waals surface area contributed by atoms with E-state index in [0.717, 1.165) is 0 Å². The van der Waals surface area contributed by atoms with Crippen LogP contribution in [0.4, 0.5) is 0 Å². The zero-order chi connectivity index (χ0) is 13.3. The molecule has 2 N–H and O–H groups in total. The lowest BCUT2D eigenvalue weighted by atomic mass is 10.0. The predicted molar refractivity (Wildman–Crippen MR) is 62.2 cm³/mol. The smallest absolute Gasteiger partial charge is 0.330 e. The van der Waals surface area contributed by atoms with Gasteiger partial charge in [0, 0.05) is 0 Å². The minimum atomic E-state index is -1.29. The fraction of sp³-hybridized carbons (Fsp3) is 0.909. The molecule has 1 heterocycles. The second-order valence-corrected chi connectivity index (χ2v) is 3.98. The van der Waals surface area contributed by atoms with E-state index >= 15 is 0 Å². The number of hydrogen-bond acceptors (Lipinski definition) is 7. The van der Waals surface area contributed by atoms with Gasteiger partial charge in [-0.3, -0.25) is 0 Å². The van der Waals surface area contributed by atoms with Crippen molar-refractivity contribution < 1.29 is 28.5 Å². The summed E-state index contributed by atoms with van der Waals surface area (Å²) in [6.07, 6.45) is 0. The van der Waals surface area contributed by atoms with E-state index in [4.69, 9.17) is 24.7 Å². The van der Waals surface area contributed by atoms with Crippen molar-refractivity contribution >= 4 is 5.97 Å². The van der Waals surface area contributed by atoms with Gasteiger partial charge < -0.3 is 29.4 Å². The van der Waals surface area contributed by atoms with E-state index in [2.05, 4.69) is 4.74 Å². The molecular weight excluding hydrogens is 242 g/mol. The van der Waals surface area contributed by atoms with Crippen LogP contribution in [0.3, 0.4) is 0 Å². The summed E-state index contributed by atoms with van der Waals surface area (Å²) in [6, 6.07) is 0. The molecule has 0 amide bonds. The van der Waals surface area contributed by atoms with Crippen molar-refractivity contribution in [2.24, 2.45) is 5.73 Å². The molecule has 0 radical (unpaired) electrons. The van der Waals surface area contributed by atoms with Crippen molar-refractivity contribution in [3.63, 3.8) is 0 Å². The molecule has 0 aromatic heterocycles. The van der Waals surface area contributed by atoms with Crippen molar-refractivity contribution in [2.75, 3.05) is 60.0 Å². The summed E-state index contributed by atoms with van der Waals surface area (Å²) in [5.41, 5.74) is 4.64. The summed E-state index contributed by atoms with van der Waals surface area (Å²) in [6.45, 7) is 2.66. The SMILES string of the molecule is COC(=O)C1(N)COCCOCCOCCOC1. The summed E-state index contributed by atoms with van der Waals surface area (Å²) in [5.74, 6) is -0.556.